The molecule has 4 aromatic rings. The summed E-state index contributed by atoms with van der Waals surface area (Å²) in [5, 5.41) is 14.1. The molecule has 0 saturated carbocycles. The van der Waals surface area contributed by atoms with Crippen molar-refractivity contribution in [1.82, 2.24) is 15.3 Å². The molecule has 3 N–H and O–H groups in total. The number of pyridine rings is 1. The van der Waals surface area contributed by atoms with E-state index in [9.17, 15) is 14.0 Å². The molecule has 176 valence electrons. The standard InChI is InChI=1S/C23H18F2N4O4S.Li.H/c1-2-26-22(32)29-23-28-20-18(25)14(12-5-3-6-13(9-12)33-11-17(30)31)10-15(21(20)34-23)19-16(24)7-4-8-27-19;;/h3-10H,2,11H2,1H3,(H,30,31)(H2,26,28,29,32);;. The molecule has 0 fully saturated rings. The number of rotatable bonds is 7. The number of carbonyl (C=O) groups is 2. The molecule has 4 rings (SSSR count). The number of nitrogens with zero attached hydrogens (tertiary/aromatic N) is 2. The number of carboxylic acids is 1. The second-order valence-corrected chi connectivity index (χ2v) is 8.01. The Morgan fingerprint density at radius 2 is 1.94 bits per heavy atom. The van der Waals surface area contributed by atoms with Gasteiger partial charge in [0.15, 0.2) is 17.6 Å². The van der Waals surface area contributed by atoms with E-state index >= 15 is 4.39 Å². The number of benzene rings is 2. The average molecular weight is 492 g/mol. The maximum absolute atomic E-state index is 15.7. The number of aromatic nitrogens is 2. The number of fused-ring (bicyclic) bond motifs is 1. The SMILES string of the molecule is CCNC(=O)Nc1nc2c(F)c(-c3cccc(OCC(=O)O)c3)cc(-c3ncccc3F)c2s1.[LiH]. The van der Waals surface area contributed by atoms with Crippen molar-refractivity contribution < 1.29 is 28.2 Å². The Bertz CT molecular complexity index is 1400. The fourth-order valence-electron chi connectivity index (χ4n) is 3.28. The zero-order valence-corrected chi connectivity index (χ0v) is 18.6. The quantitative estimate of drug-likeness (QED) is 0.332. The van der Waals surface area contributed by atoms with Gasteiger partial charge in [-0.25, -0.2) is 23.4 Å². The Kier molecular flexibility index (Phi) is 8.40. The van der Waals surface area contributed by atoms with Crippen LogP contribution in [-0.4, -0.2) is 59.1 Å². The van der Waals surface area contributed by atoms with Gasteiger partial charge in [-0.2, -0.15) is 0 Å². The third-order valence-electron chi connectivity index (χ3n) is 4.68. The fourth-order valence-corrected chi connectivity index (χ4v) is 4.25. The summed E-state index contributed by atoms with van der Waals surface area (Å²) >= 11 is 0.994. The van der Waals surface area contributed by atoms with E-state index in [0.29, 0.717) is 22.4 Å². The van der Waals surface area contributed by atoms with Crippen LogP contribution in [0.3, 0.4) is 0 Å². The third-order valence-corrected chi connectivity index (χ3v) is 5.69. The molecule has 0 bridgehead atoms. The molecule has 35 heavy (non-hydrogen) atoms. The predicted molar refractivity (Wildman–Crippen MR) is 131 cm³/mol. The molecule has 0 radical (unpaired) electrons. The monoisotopic (exact) mass is 492 g/mol. The number of carbonyl (C=O) groups excluding carboxylic acids is 1. The van der Waals surface area contributed by atoms with Crippen molar-refractivity contribution in [2.45, 2.75) is 6.92 Å². The normalized spacial score (nSPS) is 10.5. The summed E-state index contributed by atoms with van der Waals surface area (Å²) in [6.07, 6.45) is 1.42. The summed E-state index contributed by atoms with van der Waals surface area (Å²) in [4.78, 5) is 31.1. The third kappa shape index (κ3) is 5.76. The van der Waals surface area contributed by atoms with Crippen molar-refractivity contribution in [3.05, 3.63) is 60.3 Å². The molecule has 12 heteroatoms. The van der Waals surface area contributed by atoms with Gasteiger partial charge in [0, 0.05) is 23.9 Å². The molecule has 8 nitrogen and oxygen atoms in total. The second-order valence-electron chi connectivity index (χ2n) is 7.01. The van der Waals surface area contributed by atoms with E-state index in [2.05, 4.69) is 20.6 Å². The van der Waals surface area contributed by atoms with Crippen molar-refractivity contribution in [3.63, 3.8) is 0 Å². The summed E-state index contributed by atoms with van der Waals surface area (Å²) in [5.74, 6) is -2.22. The zero-order chi connectivity index (χ0) is 24.2. The number of amides is 2. The Morgan fingerprint density at radius 3 is 2.66 bits per heavy atom. The Hall–Kier alpha value is -3.52. The number of nitrogens with one attached hydrogen (secondary N) is 2. The van der Waals surface area contributed by atoms with E-state index in [1.807, 2.05) is 0 Å². The van der Waals surface area contributed by atoms with Crippen LogP contribution in [0.25, 0.3) is 32.6 Å². The van der Waals surface area contributed by atoms with E-state index in [1.54, 1.807) is 25.1 Å². The topological polar surface area (TPSA) is 113 Å². The maximum atomic E-state index is 15.7. The molecule has 2 heterocycles. The zero-order valence-electron chi connectivity index (χ0n) is 17.8. The Morgan fingerprint density at radius 1 is 1.14 bits per heavy atom. The number of anilines is 1. The van der Waals surface area contributed by atoms with Crippen LogP contribution in [0.4, 0.5) is 18.7 Å². The first-order chi connectivity index (χ1) is 16.4. The summed E-state index contributed by atoms with van der Waals surface area (Å²) in [6.45, 7) is 1.58. The van der Waals surface area contributed by atoms with Gasteiger partial charge in [-0.3, -0.25) is 10.3 Å². The number of urea groups is 1. The number of carboxylic acid groups (broad SMARTS) is 1. The predicted octanol–water partition coefficient (Wildman–Crippen LogP) is 4.26. The molecule has 0 aliphatic carbocycles. The summed E-state index contributed by atoms with van der Waals surface area (Å²) < 4.78 is 35.8. The van der Waals surface area contributed by atoms with Gasteiger partial charge < -0.3 is 15.2 Å². The van der Waals surface area contributed by atoms with Gasteiger partial charge in [-0.1, -0.05) is 23.5 Å². The first-order valence-electron chi connectivity index (χ1n) is 10.1. The molecule has 0 atom stereocenters. The molecular weight excluding hydrogens is 473 g/mol. The molecule has 0 unspecified atom stereocenters. The number of ether oxygens (including phenoxy) is 1. The van der Waals surface area contributed by atoms with Crippen LogP contribution in [0.5, 0.6) is 5.75 Å². The van der Waals surface area contributed by atoms with Gasteiger partial charge in [0.05, 0.1) is 4.70 Å². The van der Waals surface area contributed by atoms with E-state index in [1.165, 1.54) is 30.5 Å². The van der Waals surface area contributed by atoms with Crippen molar-refractivity contribution in [3.8, 4) is 28.1 Å². The summed E-state index contributed by atoms with van der Waals surface area (Å²) in [5.41, 5.74) is 0.684. The molecule has 0 aliphatic heterocycles. The van der Waals surface area contributed by atoms with Gasteiger partial charge in [-0.05, 0) is 42.8 Å². The average Bonchev–Trinajstić information content (AvgIpc) is 3.23. The molecular formula is C23H19F2LiN4O4S. The molecule has 2 amide bonds. The van der Waals surface area contributed by atoms with E-state index in [4.69, 9.17) is 9.84 Å². The van der Waals surface area contributed by atoms with E-state index < -0.39 is 30.2 Å². The number of aliphatic carboxylic acids is 1. The van der Waals surface area contributed by atoms with Crippen LogP contribution < -0.4 is 15.4 Å². The molecule has 0 saturated heterocycles. The molecule has 2 aromatic heterocycles. The number of hydrogen-bond acceptors (Lipinski definition) is 6. The van der Waals surface area contributed by atoms with Crippen LogP contribution in [0.15, 0.2) is 48.7 Å². The van der Waals surface area contributed by atoms with Crippen LogP contribution in [0.1, 0.15) is 6.92 Å². The Balaban J connectivity index is 0.00000342. The van der Waals surface area contributed by atoms with E-state index in [0.717, 1.165) is 11.3 Å². The Labute approximate surface area is 214 Å². The van der Waals surface area contributed by atoms with Gasteiger partial charge in [-0.15, -0.1) is 0 Å². The molecule has 2 aromatic carbocycles. The van der Waals surface area contributed by atoms with Gasteiger partial charge in [0.25, 0.3) is 0 Å². The number of thiazole rings is 1. The number of hydrogen-bond donors (Lipinski definition) is 3. The van der Waals surface area contributed by atoms with Crippen LogP contribution >= 0.6 is 11.3 Å². The molecule has 0 spiro atoms. The van der Waals surface area contributed by atoms with Gasteiger partial charge in [0.2, 0.25) is 0 Å². The second kappa shape index (κ2) is 11.3. The van der Waals surface area contributed by atoms with E-state index in [-0.39, 0.29) is 46.5 Å². The van der Waals surface area contributed by atoms with Crippen molar-refractivity contribution in [2.24, 2.45) is 0 Å². The minimum absolute atomic E-state index is 0. The first-order valence-corrected chi connectivity index (χ1v) is 10.9. The number of halogens is 2. The fraction of sp³-hybridized carbons (Fsp3) is 0.130. The van der Waals surface area contributed by atoms with Crippen LogP contribution in [0.2, 0.25) is 0 Å². The van der Waals surface area contributed by atoms with Crippen molar-refractivity contribution in [2.75, 3.05) is 18.5 Å². The summed E-state index contributed by atoms with van der Waals surface area (Å²) in [7, 11) is 0. The van der Waals surface area contributed by atoms with Crippen molar-refractivity contribution in [1.29, 1.82) is 0 Å². The van der Waals surface area contributed by atoms with Crippen LogP contribution in [-0.2, 0) is 4.79 Å². The van der Waals surface area contributed by atoms with Gasteiger partial charge >= 0.3 is 30.9 Å². The molecule has 0 aliphatic rings. The summed E-state index contributed by atoms with van der Waals surface area (Å²) in [6, 6.07) is 9.84. The first kappa shape index (κ1) is 26.1. The van der Waals surface area contributed by atoms with Gasteiger partial charge in [0.1, 0.15) is 22.8 Å². The minimum atomic E-state index is -1.15. The van der Waals surface area contributed by atoms with Crippen molar-refractivity contribution >= 4 is 57.5 Å². The van der Waals surface area contributed by atoms with Crippen LogP contribution in [0, 0.1) is 11.6 Å².